The van der Waals surface area contributed by atoms with Crippen molar-refractivity contribution < 1.29 is 32.5 Å². The van der Waals surface area contributed by atoms with E-state index in [0.29, 0.717) is 43.5 Å². The minimum absolute atomic E-state index is 0.125. The van der Waals surface area contributed by atoms with Crippen LogP contribution in [0.15, 0.2) is 48.5 Å². The first-order valence-corrected chi connectivity index (χ1v) is 11.7. The topological polar surface area (TPSA) is 74.3 Å². The summed E-state index contributed by atoms with van der Waals surface area (Å²) in [5, 5.41) is 13.4. The number of hydrogen-bond donors (Lipinski definition) is 2. The minimum Gasteiger partial charge on any atom is -0.406 e. The molecule has 0 saturated carbocycles. The Kier molecular flexibility index (Phi) is 7.75. The van der Waals surface area contributed by atoms with Gasteiger partial charge in [0.15, 0.2) is 0 Å². The van der Waals surface area contributed by atoms with E-state index in [4.69, 9.17) is 16.3 Å². The predicted octanol–water partition coefficient (Wildman–Crippen LogP) is 3.91. The van der Waals surface area contributed by atoms with Crippen molar-refractivity contribution in [2.75, 3.05) is 49.6 Å². The molecule has 0 bridgehead atoms. The van der Waals surface area contributed by atoms with E-state index in [9.17, 15) is 23.1 Å². The molecule has 190 valence electrons. The molecule has 2 N–H and O–H groups in total. The fourth-order valence-electron chi connectivity index (χ4n) is 4.62. The number of rotatable bonds is 7. The zero-order valence-electron chi connectivity index (χ0n) is 18.9. The highest BCUT2D eigenvalue weighted by molar-refractivity contribution is 6.30. The second kappa shape index (κ2) is 10.6. The highest BCUT2D eigenvalue weighted by atomic mass is 35.5. The van der Waals surface area contributed by atoms with Gasteiger partial charge in [0, 0.05) is 55.0 Å². The molecule has 2 atom stereocenters. The molecule has 1 spiro atoms. The maximum absolute atomic E-state index is 12.6. The maximum atomic E-state index is 12.6. The monoisotopic (exact) mass is 513 g/mol. The Labute approximate surface area is 206 Å². The molecule has 2 fully saturated rings. The summed E-state index contributed by atoms with van der Waals surface area (Å²) < 4.78 is 47.3. The smallest absolute Gasteiger partial charge is 0.406 e. The lowest BCUT2D eigenvalue weighted by atomic mass is 9.98. The Balaban J connectivity index is 1.35. The molecule has 0 radical (unpaired) electrons. The lowest BCUT2D eigenvalue weighted by molar-refractivity contribution is -0.274. The Bertz CT molecular complexity index is 1010. The molecule has 1 amide bonds. The van der Waals surface area contributed by atoms with Crippen molar-refractivity contribution in [3.63, 3.8) is 0 Å². The zero-order chi connectivity index (χ0) is 25.1. The summed E-state index contributed by atoms with van der Waals surface area (Å²) in [5.41, 5.74) is 0.922. The number of benzene rings is 2. The van der Waals surface area contributed by atoms with Gasteiger partial charge < -0.3 is 24.8 Å². The molecule has 2 unspecified atom stereocenters. The quantitative estimate of drug-likeness (QED) is 0.585. The van der Waals surface area contributed by atoms with Crippen molar-refractivity contribution in [1.29, 1.82) is 0 Å². The first kappa shape index (κ1) is 25.6. The Hall–Kier alpha value is -2.53. The number of amides is 1. The van der Waals surface area contributed by atoms with Crippen LogP contribution in [0.2, 0.25) is 5.02 Å². The van der Waals surface area contributed by atoms with Gasteiger partial charge in [-0.2, -0.15) is 0 Å². The second-order valence-electron chi connectivity index (χ2n) is 8.81. The lowest BCUT2D eigenvalue weighted by Crippen LogP contribution is -2.57. The molecule has 4 rings (SSSR count). The molecule has 7 nitrogen and oxygen atoms in total. The largest absolute Gasteiger partial charge is 0.573 e. The van der Waals surface area contributed by atoms with Gasteiger partial charge >= 0.3 is 6.36 Å². The van der Waals surface area contributed by atoms with Crippen LogP contribution in [0.1, 0.15) is 12.8 Å². The highest BCUT2D eigenvalue weighted by Crippen LogP contribution is 2.34. The number of aliphatic hydroxyl groups is 1. The van der Waals surface area contributed by atoms with Crippen LogP contribution >= 0.6 is 11.6 Å². The van der Waals surface area contributed by atoms with E-state index < -0.39 is 12.0 Å². The van der Waals surface area contributed by atoms with E-state index in [1.807, 2.05) is 0 Å². The standard InChI is InChI=1S/C24H27ClF3N3O4/c25-17-1-3-18(4-2-17)29-22(33)13-20(14-32)31-11-12-34-23(16-31)9-10-30(15-23)19-5-7-21(8-6-19)35-24(26,27)28/h1-8,20,32H,9-16H2,(H,29,33). The summed E-state index contributed by atoms with van der Waals surface area (Å²) >= 11 is 5.88. The van der Waals surface area contributed by atoms with Gasteiger partial charge in [-0.3, -0.25) is 9.69 Å². The number of ether oxygens (including phenoxy) is 2. The van der Waals surface area contributed by atoms with E-state index in [2.05, 4.69) is 19.9 Å². The summed E-state index contributed by atoms with van der Waals surface area (Å²) in [6, 6.07) is 12.2. The number of nitrogens with zero attached hydrogens (tertiary/aromatic N) is 2. The van der Waals surface area contributed by atoms with Crippen molar-refractivity contribution in [2.24, 2.45) is 0 Å². The van der Waals surface area contributed by atoms with Gasteiger partial charge in [-0.05, 0) is 55.0 Å². The van der Waals surface area contributed by atoms with Gasteiger partial charge in [-0.25, -0.2) is 0 Å². The zero-order valence-corrected chi connectivity index (χ0v) is 19.7. The molecular formula is C24H27ClF3N3O4. The average Bonchev–Trinajstić information content (AvgIpc) is 3.21. The van der Waals surface area contributed by atoms with E-state index in [1.165, 1.54) is 12.1 Å². The third-order valence-electron chi connectivity index (χ3n) is 6.31. The second-order valence-corrected chi connectivity index (χ2v) is 9.25. The van der Waals surface area contributed by atoms with Crippen LogP contribution < -0.4 is 15.0 Å². The van der Waals surface area contributed by atoms with Crippen LogP contribution in [0.25, 0.3) is 0 Å². The van der Waals surface area contributed by atoms with Crippen molar-refractivity contribution in [3.05, 3.63) is 53.6 Å². The van der Waals surface area contributed by atoms with E-state index >= 15 is 0 Å². The Morgan fingerprint density at radius 2 is 1.86 bits per heavy atom. The molecule has 2 aromatic carbocycles. The Morgan fingerprint density at radius 3 is 2.51 bits per heavy atom. The van der Waals surface area contributed by atoms with Crippen LogP contribution in [0.5, 0.6) is 5.75 Å². The number of carbonyl (C=O) groups excluding carboxylic acids is 1. The number of halogens is 4. The normalized spacial score (nSPS) is 21.8. The Morgan fingerprint density at radius 1 is 1.14 bits per heavy atom. The third kappa shape index (κ3) is 6.78. The van der Waals surface area contributed by atoms with Crippen molar-refractivity contribution >= 4 is 28.9 Å². The summed E-state index contributed by atoms with van der Waals surface area (Å²) in [7, 11) is 0. The molecule has 2 heterocycles. The minimum atomic E-state index is -4.73. The summed E-state index contributed by atoms with van der Waals surface area (Å²) in [6.07, 6.45) is -3.88. The first-order valence-electron chi connectivity index (χ1n) is 11.3. The fourth-order valence-corrected chi connectivity index (χ4v) is 4.75. The summed E-state index contributed by atoms with van der Waals surface area (Å²) in [5.74, 6) is -0.473. The molecule has 2 aliphatic heterocycles. The average molecular weight is 514 g/mol. The van der Waals surface area contributed by atoms with E-state index in [0.717, 1.165) is 12.1 Å². The first-order chi connectivity index (χ1) is 16.6. The molecule has 11 heteroatoms. The van der Waals surface area contributed by atoms with Crippen LogP contribution in [0.4, 0.5) is 24.5 Å². The van der Waals surface area contributed by atoms with Gasteiger partial charge in [-0.1, -0.05) is 11.6 Å². The number of hydrogen-bond acceptors (Lipinski definition) is 6. The highest BCUT2D eigenvalue weighted by Gasteiger charge is 2.44. The third-order valence-corrected chi connectivity index (χ3v) is 6.56. The summed E-state index contributed by atoms with van der Waals surface area (Å²) in [4.78, 5) is 16.7. The number of aliphatic hydroxyl groups excluding tert-OH is 1. The van der Waals surface area contributed by atoms with Gasteiger partial charge in [0.05, 0.1) is 18.8 Å². The van der Waals surface area contributed by atoms with Crippen molar-refractivity contribution in [1.82, 2.24) is 4.90 Å². The number of anilines is 2. The lowest BCUT2D eigenvalue weighted by Gasteiger charge is -2.43. The van der Waals surface area contributed by atoms with E-state index in [1.54, 1.807) is 36.4 Å². The number of morpholine rings is 1. The molecule has 35 heavy (non-hydrogen) atoms. The van der Waals surface area contributed by atoms with Crippen LogP contribution in [0.3, 0.4) is 0 Å². The van der Waals surface area contributed by atoms with Crippen molar-refractivity contribution in [2.45, 2.75) is 30.8 Å². The van der Waals surface area contributed by atoms with Gasteiger partial charge in [0.1, 0.15) is 5.75 Å². The fraction of sp³-hybridized carbons (Fsp3) is 0.458. The number of carbonyl (C=O) groups is 1. The van der Waals surface area contributed by atoms with Crippen LogP contribution in [-0.4, -0.2) is 73.3 Å². The molecule has 0 aromatic heterocycles. The summed E-state index contributed by atoms with van der Waals surface area (Å²) in [6.45, 7) is 2.64. The predicted molar refractivity (Wildman–Crippen MR) is 126 cm³/mol. The molecule has 2 aromatic rings. The van der Waals surface area contributed by atoms with Crippen LogP contribution in [-0.2, 0) is 9.53 Å². The van der Waals surface area contributed by atoms with Gasteiger partial charge in [0.2, 0.25) is 5.91 Å². The van der Waals surface area contributed by atoms with E-state index in [-0.39, 0.29) is 30.7 Å². The molecule has 2 aliphatic rings. The molecule has 2 saturated heterocycles. The van der Waals surface area contributed by atoms with Gasteiger partial charge in [0.25, 0.3) is 0 Å². The molecular weight excluding hydrogens is 487 g/mol. The SMILES string of the molecule is O=C(CC(CO)N1CCOC2(CCN(c3ccc(OC(F)(F)F)cc3)C2)C1)Nc1ccc(Cl)cc1. The number of alkyl halides is 3. The van der Waals surface area contributed by atoms with Crippen molar-refractivity contribution in [3.8, 4) is 5.75 Å². The number of nitrogens with one attached hydrogen (secondary N) is 1. The maximum Gasteiger partial charge on any atom is 0.573 e. The van der Waals surface area contributed by atoms with Gasteiger partial charge in [-0.15, -0.1) is 13.2 Å². The molecule has 0 aliphatic carbocycles. The van der Waals surface area contributed by atoms with Crippen LogP contribution in [0, 0.1) is 0 Å².